The first-order valence-electron chi connectivity index (χ1n) is 7.26. The van der Waals surface area contributed by atoms with E-state index in [1.54, 1.807) is 0 Å². The molecule has 1 fully saturated rings. The van der Waals surface area contributed by atoms with Gasteiger partial charge in [-0.1, -0.05) is 13.8 Å². The molecular weight excluding hydrogens is 244 g/mol. The Balaban J connectivity index is 2.19. The second-order valence-corrected chi connectivity index (χ2v) is 6.04. The Labute approximate surface area is 116 Å². The number of carbonyl (C=O) groups excluding carboxylic acids is 1. The predicted molar refractivity (Wildman–Crippen MR) is 75.1 cm³/mol. The van der Waals surface area contributed by atoms with Crippen molar-refractivity contribution < 1.29 is 14.6 Å². The fraction of sp³-hybridized carbons (Fsp3) is 0.929. The summed E-state index contributed by atoms with van der Waals surface area (Å²) < 4.78 is 5.20. The lowest BCUT2D eigenvalue weighted by molar-refractivity contribution is -0.0600. The van der Waals surface area contributed by atoms with Gasteiger partial charge in [0.25, 0.3) is 0 Å². The maximum atomic E-state index is 11.7. The van der Waals surface area contributed by atoms with Crippen LogP contribution in [0.4, 0.5) is 4.79 Å². The minimum Gasteiger partial charge on any atom is -0.388 e. The van der Waals surface area contributed by atoms with Crippen LogP contribution in [0.25, 0.3) is 0 Å². The average Bonchev–Trinajstić information content (AvgIpc) is 2.35. The van der Waals surface area contributed by atoms with Crippen molar-refractivity contribution in [2.45, 2.75) is 58.1 Å². The van der Waals surface area contributed by atoms with Crippen LogP contribution in [-0.4, -0.2) is 42.5 Å². The highest BCUT2D eigenvalue weighted by atomic mass is 16.5. The van der Waals surface area contributed by atoms with Crippen molar-refractivity contribution in [1.29, 1.82) is 0 Å². The third-order valence-corrected chi connectivity index (χ3v) is 3.56. The van der Waals surface area contributed by atoms with Crippen LogP contribution in [0.5, 0.6) is 0 Å². The number of amides is 2. The molecule has 2 amide bonds. The summed E-state index contributed by atoms with van der Waals surface area (Å²) in [6, 6.07) is -0.0390. The van der Waals surface area contributed by atoms with E-state index < -0.39 is 5.60 Å². The maximum Gasteiger partial charge on any atom is 0.315 e. The molecule has 1 aliphatic rings. The van der Waals surface area contributed by atoms with Crippen molar-refractivity contribution in [2.24, 2.45) is 5.92 Å². The average molecular weight is 272 g/mol. The van der Waals surface area contributed by atoms with Crippen LogP contribution in [0.15, 0.2) is 0 Å². The van der Waals surface area contributed by atoms with E-state index in [0.29, 0.717) is 38.5 Å². The number of hydrogen-bond acceptors (Lipinski definition) is 3. The summed E-state index contributed by atoms with van der Waals surface area (Å²) in [7, 11) is 0. The van der Waals surface area contributed by atoms with Crippen LogP contribution in [-0.2, 0) is 4.74 Å². The molecule has 5 heteroatoms. The zero-order chi connectivity index (χ0) is 14.3. The Morgan fingerprint density at radius 3 is 2.47 bits per heavy atom. The number of nitrogens with one attached hydrogen (secondary N) is 2. The molecule has 112 valence electrons. The summed E-state index contributed by atoms with van der Waals surface area (Å²) >= 11 is 0. The molecule has 0 aromatic rings. The minimum absolute atomic E-state index is 0.159. The Bertz CT molecular complexity index is 276. The lowest BCUT2D eigenvalue weighted by atomic mass is 9.94. The molecule has 0 bridgehead atoms. The van der Waals surface area contributed by atoms with E-state index >= 15 is 0 Å². The molecule has 1 atom stereocenters. The van der Waals surface area contributed by atoms with E-state index in [1.807, 2.05) is 6.92 Å². The molecule has 0 aromatic heterocycles. The molecule has 1 saturated heterocycles. The summed E-state index contributed by atoms with van der Waals surface area (Å²) in [6.07, 6.45) is 3.23. The zero-order valence-corrected chi connectivity index (χ0v) is 12.4. The normalized spacial score (nSPS) is 20.1. The summed E-state index contributed by atoms with van der Waals surface area (Å²) in [6.45, 7) is 7.76. The monoisotopic (exact) mass is 272 g/mol. The molecule has 19 heavy (non-hydrogen) atoms. The lowest BCUT2D eigenvalue weighted by Crippen LogP contribution is -2.50. The van der Waals surface area contributed by atoms with Gasteiger partial charge in [-0.15, -0.1) is 0 Å². The second-order valence-electron chi connectivity index (χ2n) is 6.04. The Hall–Kier alpha value is -0.810. The van der Waals surface area contributed by atoms with Gasteiger partial charge in [0.1, 0.15) is 0 Å². The minimum atomic E-state index is -0.809. The first-order chi connectivity index (χ1) is 8.91. The molecule has 5 nitrogen and oxygen atoms in total. The van der Waals surface area contributed by atoms with E-state index in [-0.39, 0.29) is 12.1 Å². The number of hydrogen-bond donors (Lipinski definition) is 3. The van der Waals surface area contributed by atoms with Crippen LogP contribution in [0.3, 0.4) is 0 Å². The fourth-order valence-electron chi connectivity index (χ4n) is 2.10. The Morgan fingerprint density at radius 1 is 1.26 bits per heavy atom. The van der Waals surface area contributed by atoms with Crippen LogP contribution in [0.1, 0.15) is 46.5 Å². The van der Waals surface area contributed by atoms with Gasteiger partial charge in [0, 0.05) is 38.6 Å². The molecule has 0 aromatic carbocycles. The van der Waals surface area contributed by atoms with E-state index in [9.17, 15) is 9.90 Å². The molecule has 1 unspecified atom stereocenters. The number of carbonyl (C=O) groups is 1. The van der Waals surface area contributed by atoms with Crippen molar-refractivity contribution in [3.05, 3.63) is 0 Å². The van der Waals surface area contributed by atoms with E-state index in [0.717, 1.165) is 12.8 Å². The second kappa shape index (κ2) is 7.70. The third kappa shape index (κ3) is 6.78. The Kier molecular flexibility index (Phi) is 6.58. The third-order valence-electron chi connectivity index (χ3n) is 3.56. The number of aliphatic hydroxyl groups is 1. The highest BCUT2D eigenvalue weighted by Crippen LogP contribution is 2.19. The molecule has 0 radical (unpaired) electrons. The molecule has 1 heterocycles. The van der Waals surface area contributed by atoms with Gasteiger partial charge in [-0.05, 0) is 25.7 Å². The van der Waals surface area contributed by atoms with Gasteiger partial charge in [-0.3, -0.25) is 0 Å². The molecule has 3 N–H and O–H groups in total. The Morgan fingerprint density at radius 2 is 1.89 bits per heavy atom. The van der Waals surface area contributed by atoms with Crippen LogP contribution >= 0.6 is 0 Å². The van der Waals surface area contributed by atoms with Gasteiger partial charge in [-0.25, -0.2) is 4.79 Å². The molecule has 0 spiro atoms. The highest BCUT2D eigenvalue weighted by Gasteiger charge is 2.30. The first-order valence-corrected chi connectivity index (χ1v) is 7.26. The van der Waals surface area contributed by atoms with Crippen LogP contribution in [0.2, 0.25) is 0 Å². The summed E-state index contributed by atoms with van der Waals surface area (Å²) in [5.41, 5.74) is -0.809. The van der Waals surface area contributed by atoms with Crippen molar-refractivity contribution in [3.63, 3.8) is 0 Å². The summed E-state index contributed by atoms with van der Waals surface area (Å²) in [4.78, 5) is 11.7. The number of rotatable bonds is 6. The zero-order valence-electron chi connectivity index (χ0n) is 12.4. The van der Waals surface area contributed by atoms with E-state index in [4.69, 9.17) is 4.74 Å². The van der Waals surface area contributed by atoms with Crippen LogP contribution in [0, 0.1) is 5.92 Å². The smallest absolute Gasteiger partial charge is 0.315 e. The largest absolute Gasteiger partial charge is 0.388 e. The molecular formula is C14H28N2O3. The predicted octanol–water partition coefficient (Wildman–Crippen LogP) is 1.65. The molecule has 0 saturated carbocycles. The van der Waals surface area contributed by atoms with E-state index in [1.165, 1.54) is 0 Å². The first kappa shape index (κ1) is 16.2. The van der Waals surface area contributed by atoms with Gasteiger partial charge in [-0.2, -0.15) is 0 Å². The molecule has 0 aliphatic carbocycles. The SMILES string of the molecule is CC(C)CCC(C)NC(=O)NCC1(O)CCOCC1. The number of ether oxygens (including phenoxy) is 1. The summed E-state index contributed by atoms with van der Waals surface area (Å²) in [5.74, 6) is 0.648. The van der Waals surface area contributed by atoms with Gasteiger partial charge >= 0.3 is 6.03 Å². The quantitative estimate of drug-likeness (QED) is 0.688. The van der Waals surface area contributed by atoms with Gasteiger partial charge in [0.05, 0.1) is 5.60 Å². The van der Waals surface area contributed by atoms with Gasteiger partial charge < -0.3 is 20.5 Å². The maximum absolute atomic E-state index is 11.7. The molecule has 1 aliphatic heterocycles. The van der Waals surface area contributed by atoms with Gasteiger partial charge in [0.2, 0.25) is 0 Å². The van der Waals surface area contributed by atoms with Crippen LogP contribution < -0.4 is 10.6 Å². The highest BCUT2D eigenvalue weighted by molar-refractivity contribution is 5.74. The number of urea groups is 1. The fourth-order valence-corrected chi connectivity index (χ4v) is 2.10. The van der Waals surface area contributed by atoms with Crippen molar-refractivity contribution in [2.75, 3.05) is 19.8 Å². The van der Waals surface area contributed by atoms with Crippen molar-refractivity contribution in [3.8, 4) is 0 Å². The topological polar surface area (TPSA) is 70.6 Å². The van der Waals surface area contributed by atoms with Crippen molar-refractivity contribution in [1.82, 2.24) is 10.6 Å². The van der Waals surface area contributed by atoms with Gasteiger partial charge in [0.15, 0.2) is 0 Å². The molecule has 1 rings (SSSR count). The van der Waals surface area contributed by atoms with E-state index in [2.05, 4.69) is 24.5 Å². The van der Waals surface area contributed by atoms with Crippen molar-refractivity contribution >= 4 is 6.03 Å². The lowest BCUT2D eigenvalue weighted by Gasteiger charge is -2.32. The standard InChI is InChI=1S/C14H28N2O3/c1-11(2)4-5-12(3)16-13(17)15-10-14(18)6-8-19-9-7-14/h11-12,18H,4-10H2,1-3H3,(H2,15,16,17). The summed E-state index contributed by atoms with van der Waals surface area (Å²) in [5, 5.41) is 15.9.